The summed E-state index contributed by atoms with van der Waals surface area (Å²) in [6.45, 7) is 3.53. The SMILES string of the molecule is CCCC(CCSSC)CN(C)C. The predicted octanol–water partition coefficient (Wildman–Crippen LogP) is 3.37. The van der Waals surface area contributed by atoms with Gasteiger partial charge in [-0.25, -0.2) is 0 Å². The molecule has 0 aliphatic heterocycles. The lowest BCUT2D eigenvalue weighted by atomic mass is 10.0. The Morgan fingerprint density at radius 3 is 2.38 bits per heavy atom. The van der Waals surface area contributed by atoms with Gasteiger partial charge in [0.2, 0.25) is 0 Å². The molecule has 0 heterocycles. The smallest absolute Gasteiger partial charge is 0.00399 e. The van der Waals surface area contributed by atoms with Gasteiger partial charge in [-0.05, 0) is 39.1 Å². The number of nitrogens with zero attached hydrogens (tertiary/aromatic N) is 1. The van der Waals surface area contributed by atoms with Crippen LogP contribution >= 0.6 is 21.6 Å². The summed E-state index contributed by atoms with van der Waals surface area (Å²) in [6, 6.07) is 0. The van der Waals surface area contributed by atoms with E-state index < -0.39 is 0 Å². The molecule has 0 aromatic carbocycles. The van der Waals surface area contributed by atoms with E-state index >= 15 is 0 Å². The summed E-state index contributed by atoms with van der Waals surface area (Å²) in [5.41, 5.74) is 0. The van der Waals surface area contributed by atoms with Crippen LogP contribution in [0.15, 0.2) is 0 Å². The number of rotatable bonds is 8. The van der Waals surface area contributed by atoms with Crippen LogP contribution in [0, 0.1) is 5.92 Å². The maximum atomic E-state index is 2.31. The molecule has 0 fully saturated rings. The zero-order valence-electron chi connectivity index (χ0n) is 9.38. The quantitative estimate of drug-likeness (QED) is 0.457. The lowest BCUT2D eigenvalue weighted by molar-refractivity contribution is 0.305. The topological polar surface area (TPSA) is 3.24 Å². The maximum absolute atomic E-state index is 2.31. The highest BCUT2D eigenvalue weighted by atomic mass is 33.1. The van der Waals surface area contributed by atoms with Gasteiger partial charge in [0.15, 0.2) is 0 Å². The molecule has 3 heteroatoms. The maximum Gasteiger partial charge on any atom is 0.00399 e. The van der Waals surface area contributed by atoms with Crippen LogP contribution in [0.2, 0.25) is 0 Å². The zero-order valence-corrected chi connectivity index (χ0v) is 11.0. The van der Waals surface area contributed by atoms with E-state index in [1.165, 1.54) is 31.6 Å². The van der Waals surface area contributed by atoms with Crippen molar-refractivity contribution in [2.24, 2.45) is 5.92 Å². The molecule has 80 valence electrons. The Kier molecular flexibility index (Phi) is 9.69. The van der Waals surface area contributed by atoms with E-state index in [-0.39, 0.29) is 0 Å². The minimum absolute atomic E-state index is 0.902. The molecular formula is C10H23NS2. The molecule has 0 N–H and O–H groups in total. The van der Waals surface area contributed by atoms with Crippen molar-refractivity contribution in [3.8, 4) is 0 Å². The summed E-state index contributed by atoms with van der Waals surface area (Å²) in [5, 5.41) is 0. The fourth-order valence-corrected chi connectivity index (χ4v) is 2.93. The molecule has 1 nitrogen and oxygen atoms in total. The average Bonchev–Trinajstić information content (AvgIpc) is 2.04. The summed E-state index contributed by atoms with van der Waals surface area (Å²) in [7, 11) is 8.21. The fraction of sp³-hybridized carbons (Fsp3) is 1.00. The first-order valence-corrected chi connectivity index (χ1v) is 7.73. The van der Waals surface area contributed by atoms with Gasteiger partial charge in [0, 0.05) is 12.3 Å². The zero-order chi connectivity index (χ0) is 10.1. The van der Waals surface area contributed by atoms with E-state index in [1.807, 2.05) is 21.6 Å². The van der Waals surface area contributed by atoms with Crippen molar-refractivity contribution in [2.75, 3.05) is 32.6 Å². The van der Waals surface area contributed by atoms with E-state index in [9.17, 15) is 0 Å². The van der Waals surface area contributed by atoms with Gasteiger partial charge in [0.1, 0.15) is 0 Å². The first-order valence-electron chi connectivity index (χ1n) is 5.01. The van der Waals surface area contributed by atoms with Crippen LogP contribution in [0.3, 0.4) is 0 Å². The molecule has 1 atom stereocenters. The molecule has 0 aromatic heterocycles. The van der Waals surface area contributed by atoms with Gasteiger partial charge in [0.25, 0.3) is 0 Å². The normalized spacial score (nSPS) is 13.6. The van der Waals surface area contributed by atoms with Gasteiger partial charge in [-0.3, -0.25) is 0 Å². The third kappa shape index (κ3) is 8.98. The van der Waals surface area contributed by atoms with Crippen molar-refractivity contribution in [1.82, 2.24) is 4.90 Å². The van der Waals surface area contributed by atoms with Crippen LogP contribution in [0.4, 0.5) is 0 Å². The van der Waals surface area contributed by atoms with Crippen molar-refractivity contribution in [3.63, 3.8) is 0 Å². The van der Waals surface area contributed by atoms with Crippen LogP contribution in [0.5, 0.6) is 0 Å². The minimum atomic E-state index is 0.902. The third-order valence-electron chi connectivity index (χ3n) is 2.05. The third-order valence-corrected chi connectivity index (χ3v) is 3.89. The highest BCUT2D eigenvalue weighted by Gasteiger charge is 2.08. The Balaban J connectivity index is 3.53. The Morgan fingerprint density at radius 1 is 1.23 bits per heavy atom. The molecule has 0 saturated carbocycles. The lowest BCUT2D eigenvalue weighted by Crippen LogP contribution is -2.22. The molecular weight excluding hydrogens is 198 g/mol. The van der Waals surface area contributed by atoms with Crippen molar-refractivity contribution in [3.05, 3.63) is 0 Å². The monoisotopic (exact) mass is 221 g/mol. The molecule has 0 bridgehead atoms. The number of hydrogen-bond acceptors (Lipinski definition) is 3. The highest BCUT2D eigenvalue weighted by molar-refractivity contribution is 8.76. The molecule has 13 heavy (non-hydrogen) atoms. The van der Waals surface area contributed by atoms with Crippen LogP contribution in [0.25, 0.3) is 0 Å². The highest BCUT2D eigenvalue weighted by Crippen LogP contribution is 2.22. The summed E-state index contributed by atoms with van der Waals surface area (Å²) in [5.74, 6) is 2.21. The average molecular weight is 221 g/mol. The molecule has 0 radical (unpaired) electrons. The van der Waals surface area contributed by atoms with Gasteiger partial charge in [-0.1, -0.05) is 34.9 Å². The molecule has 0 amide bonds. The van der Waals surface area contributed by atoms with E-state index in [0.717, 1.165) is 5.92 Å². The first kappa shape index (κ1) is 13.7. The Morgan fingerprint density at radius 2 is 1.92 bits per heavy atom. The predicted molar refractivity (Wildman–Crippen MR) is 67.5 cm³/mol. The first-order chi connectivity index (χ1) is 6.20. The molecule has 0 spiro atoms. The van der Waals surface area contributed by atoms with Gasteiger partial charge >= 0.3 is 0 Å². The van der Waals surface area contributed by atoms with Crippen LogP contribution in [0.1, 0.15) is 26.2 Å². The second-order valence-electron chi connectivity index (χ2n) is 3.69. The van der Waals surface area contributed by atoms with Crippen molar-refractivity contribution < 1.29 is 0 Å². The second-order valence-corrected chi connectivity index (χ2v) is 6.38. The summed E-state index contributed by atoms with van der Waals surface area (Å²) >= 11 is 0. The molecule has 1 unspecified atom stereocenters. The Labute approximate surface area is 91.4 Å². The Hall–Kier alpha value is 0.660. The summed E-state index contributed by atoms with van der Waals surface area (Å²) in [6.07, 6.45) is 6.23. The van der Waals surface area contributed by atoms with E-state index in [0.29, 0.717) is 0 Å². The summed E-state index contributed by atoms with van der Waals surface area (Å²) < 4.78 is 0. The molecule has 0 aliphatic rings. The molecule has 0 rings (SSSR count). The molecule has 0 aliphatic carbocycles. The van der Waals surface area contributed by atoms with Crippen LogP contribution in [-0.2, 0) is 0 Å². The van der Waals surface area contributed by atoms with E-state index in [1.54, 1.807) is 0 Å². The lowest BCUT2D eigenvalue weighted by Gasteiger charge is -2.19. The fourth-order valence-electron chi connectivity index (χ4n) is 1.55. The molecule has 0 aromatic rings. The van der Waals surface area contributed by atoms with Crippen molar-refractivity contribution in [2.45, 2.75) is 26.2 Å². The Bertz CT molecular complexity index is 107. The second kappa shape index (κ2) is 9.22. The van der Waals surface area contributed by atoms with Gasteiger partial charge < -0.3 is 4.90 Å². The summed E-state index contributed by atoms with van der Waals surface area (Å²) in [4.78, 5) is 2.31. The van der Waals surface area contributed by atoms with E-state index in [4.69, 9.17) is 0 Å². The number of hydrogen-bond donors (Lipinski definition) is 0. The van der Waals surface area contributed by atoms with Gasteiger partial charge in [0.05, 0.1) is 0 Å². The standard InChI is InChI=1S/C10H23NS2/c1-5-6-10(9-11(2)3)7-8-13-12-4/h10H,5-9H2,1-4H3. The van der Waals surface area contributed by atoms with Crippen LogP contribution in [-0.4, -0.2) is 37.5 Å². The molecule has 0 saturated heterocycles. The van der Waals surface area contributed by atoms with Crippen molar-refractivity contribution >= 4 is 21.6 Å². The van der Waals surface area contributed by atoms with Crippen LogP contribution < -0.4 is 0 Å². The van der Waals surface area contributed by atoms with E-state index in [2.05, 4.69) is 32.2 Å². The van der Waals surface area contributed by atoms with Gasteiger partial charge in [-0.15, -0.1) is 0 Å². The van der Waals surface area contributed by atoms with Gasteiger partial charge in [-0.2, -0.15) is 0 Å². The minimum Gasteiger partial charge on any atom is -0.309 e. The largest absolute Gasteiger partial charge is 0.309 e. The van der Waals surface area contributed by atoms with Crippen molar-refractivity contribution in [1.29, 1.82) is 0 Å².